The first-order valence-corrected chi connectivity index (χ1v) is 9.18. The van der Waals surface area contributed by atoms with Crippen molar-refractivity contribution in [1.29, 1.82) is 0 Å². The predicted octanol–water partition coefficient (Wildman–Crippen LogP) is 3.19. The number of ether oxygens (including phenoxy) is 2. The first-order valence-electron chi connectivity index (χ1n) is 8.34. The highest BCUT2D eigenvalue weighted by Crippen LogP contribution is 2.36. The normalized spacial score (nSPS) is 14.3. The lowest BCUT2D eigenvalue weighted by Crippen LogP contribution is -2.26. The lowest BCUT2D eigenvalue weighted by atomic mass is 9.96. The largest absolute Gasteiger partial charge is 0.493 e. The highest BCUT2D eigenvalue weighted by molar-refractivity contribution is 7.94. The van der Waals surface area contributed by atoms with Crippen molar-refractivity contribution in [3.63, 3.8) is 0 Å². The summed E-state index contributed by atoms with van der Waals surface area (Å²) in [5, 5.41) is 6.68. The molecule has 0 unspecified atom stereocenters. The van der Waals surface area contributed by atoms with Crippen LogP contribution in [0.15, 0.2) is 36.7 Å². The molecule has 1 aliphatic rings. The number of nitrogens with zero attached hydrogens (tertiary/aromatic N) is 3. The van der Waals surface area contributed by atoms with Gasteiger partial charge in [-0.15, -0.1) is 0 Å². The summed E-state index contributed by atoms with van der Waals surface area (Å²) in [5.74, 6) is 1.32. The Kier molecular flexibility index (Phi) is 4.67. The van der Waals surface area contributed by atoms with E-state index in [1.165, 1.54) is 23.3 Å². The second kappa shape index (κ2) is 7.11. The fourth-order valence-corrected chi connectivity index (χ4v) is 3.79. The van der Waals surface area contributed by atoms with Gasteiger partial charge < -0.3 is 9.47 Å². The van der Waals surface area contributed by atoms with E-state index in [0.717, 1.165) is 41.7 Å². The molecule has 0 aliphatic carbocycles. The maximum absolute atomic E-state index is 5.74. The first-order chi connectivity index (χ1) is 12.7. The van der Waals surface area contributed by atoms with Crippen LogP contribution in [0.25, 0.3) is 22.2 Å². The topological polar surface area (TPSA) is 73.5 Å². The standard InChI is InChI=1S/C19H20N4O2S/c1-24-17-8-15-16(9-18(17)25-2)21-11-22-19(15)13-4-3-12-5-6-23(26-20)10-14(12)7-13/h3-4,7-9,11H,5-6,10,20H2,1-2H3. The SMILES string of the molecule is COc1cc2ncnc(-c3ccc4c(c3)CN(SN)CC4)c2cc1OC. The molecule has 1 aromatic heterocycles. The van der Waals surface area contributed by atoms with Crippen LogP contribution >= 0.6 is 12.1 Å². The summed E-state index contributed by atoms with van der Waals surface area (Å²) < 4.78 is 13.0. The summed E-state index contributed by atoms with van der Waals surface area (Å²) in [4.78, 5) is 8.93. The summed E-state index contributed by atoms with van der Waals surface area (Å²) in [6, 6.07) is 10.3. The van der Waals surface area contributed by atoms with Gasteiger partial charge in [0.2, 0.25) is 0 Å². The number of aromatic nitrogens is 2. The molecule has 3 aromatic rings. The molecule has 26 heavy (non-hydrogen) atoms. The lowest BCUT2D eigenvalue weighted by molar-refractivity contribution is 0.356. The number of benzene rings is 2. The molecule has 7 heteroatoms. The van der Waals surface area contributed by atoms with Gasteiger partial charge in [0, 0.05) is 42.2 Å². The van der Waals surface area contributed by atoms with Gasteiger partial charge in [-0.2, -0.15) is 0 Å². The summed E-state index contributed by atoms with van der Waals surface area (Å²) in [6.45, 7) is 1.81. The van der Waals surface area contributed by atoms with Crippen molar-refractivity contribution in [2.24, 2.45) is 5.14 Å². The van der Waals surface area contributed by atoms with Crippen molar-refractivity contribution in [2.45, 2.75) is 13.0 Å². The molecule has 0 bridgehead atoms. The molecule has 0 saturated carbocycles. The van der Waals surface area contributed by atoms with Gasteiger partial charge in [0.25, 0.3) is 0 Å². The van der Waals surface area contributed by atoms with E-state index in [1.807, 2.05) is 12.1 Å². The minimum atomic E-state index is 0.658. The number of rotatable bonds is 4. The van der Waals surface area contributed by atoms with Gasteiger partial charge in [-0.3, -0.25) is 5.14 Å². The highest BCUT2D eigenvalue weighted by Gasteiger charge is 2.18. The minimum absolute atomic E-state index is 0.658. The molecule has 2 heterocycles. The molecule has 0 spiro atoms. The van der Waals surface area contributed by atoms with Crippen molar-refractivity contribution in [1.82, 2.24) is 14.3 Å². The van der Waals surface area contributed by atoms with Crippen LogP contribution in [0.5, 0.6) is 11.5 Å². The third kappa shape index (κ3) is 2.98. The number of hydrogen-bond donors (Lipinski definition) is 1. The Labute approximate surface area is 156 Å². The van der Waals surface area contributed by atoms with Gasteiger partial charge >= 0.3 is 0 Å². The Morgan fingerprint density at radius 3 is 2.62 bits per heavy atom. The third-order valence-electron chi connectivity index (χ3n) is 4.75. The van der Waals surface area contributed by atoms with Crippen molar-refractivity contribution in [2.75, 3.05) is 20.8 Å². The van der Waals surface area contributed by atoms with E-state index in [4.69, 9.17) is 14.6 Å². The molecule has 6 nitrogen and oxygen atoms in total. The number of nitrogens with two attached hydrogens (primary N) is 1. The predicted molar refractivity (Wildman–Crippen MR) is 104 cm³/mol. The van der Waals surface area contributed by atoms with Crippen LogP contribution < -0.4 is 14.6 Å². The average Bonchev–Trinajstić information content (AvgIpc) is 2.71. The van der Waals surface area contributed by atoms with Crippen LogP contribution in [0.3, 0.4) is 0 Å². The van der Waals surface area contributed by atoms with Crippen molar-refractivity contribution < 1.29 is 9.47 Å². The second-order valence-electron chi connectivity index (χ2n) is 6.15. The Morgan fingerprint density at radius 2 is 1.85 bits per heavy atom. The van der Waals surface area contributed by atoms with Crippen molar-refractivity contribution in [3.05, 3.63) is 47.8 Å². The highest BCUT2D eigenvalue weighted by atomic mass is 32.2. The number of methoxy groups -OCH3 is 2. The van der Waals surface area contributed by atoms with E-state index < -0.39 is 0 Å². The Balaban J connectivity index is 1.84. The molecular weight excluding hydrogens is 348 g/mol. The summed E-state index contributed by atoms with van der Waals surface area (Å²) in [7, 11) is 3.25. The van der Waals surface area contributed by atoms with E-state index in [1.54, 1.807) is 20.5 Å². The average molecular weight is 368 g/mol. The summed E-state index contributed by atoms with van der Waals surface area (Å²) in [6.07, 6.45) is 2.60. The van der Waals surface area contributed by atoms with Gasteiger partial charge in [-0.1, -0.05) is 12.1 Å². The summed E-state index contributed by atoms with van der Waals surface area (Å²) >= 11 is 1.30. The quantitative estimate of drug-likeness (QED) is 0.709. The monoisotopic (exact) mass is 368 g/mol. The van der Waals surface area contributed by atoms with Gasteiger partial charge in [-0.05, 0) is 29.7 Å². The maximum Gasteiger partial charge on any atom is 0.162 e. The van der Waals surface area contributed by atoms with Crippen LogP contribution in [0.4, 0.5) is 0 Å². The van der Waals surface area contributed by atoms with Crippen LogP contribution in [0, 0.1) is 0 Å². The van der Waals surface area contributed by atoms with Crippen LogP contribution in [0.2, 0.25) is 0 Å². The molecule has 0 radical (unpaired) electrons. The maximum atomic E-state index is 5.74. The van der Waals surface area contributed by atoms with Crippen LogP contribution in [0.1, 0.15) is 11.1 Å². The smallest absolute Gasteiger partial charge is 0.162 e. The van der Waals surface area contributed by atoms with E-state index in [2.05, 4.69) is 32.5 Å². The molecular formula is C19H20N4O2S. The van der Waals surface area contributed by atoms with E-state index >= 15 is 0 Å². The van der Waals surface area contributed by atoms with Crippen LogP contribution in [-0.2, 0) is 13.0 Å². The zero-order valence-electron chi connectivity index (χ0n) is 14.7. The molecule has 0 saturated heterocycles. The van der Waals surface area contributed by atoms with Crippen molar-refractivity contribution in [3.8, 4) is 22.8 Å². The minimum Gasteiger partial charge on any atom is -0.493 e. The third-order valence-corrected chi connectivity index (χ3v) is 5.36. The molecule has 0 amide bonds. The van der Waals surface area contributed by atoms with Crippen molar-refractivity contribution >= 4 is 23.0 Å². The van der Waals surface area contributed by atoms with Gasteiger partial charge in [0.05, 0.1) is 25.4 Å². The molecule has 0 atom stereocenters. The lowest BCUT2D eigenvalue weighted by Gasteiger charge is -2.26. The molecule has 0 fully saturated rings. The van der Waals surface area contributed by atoms with Gasteiger partial charge in [-0.25, -0.2) is 14.3 Å². The fraction of sp³-hybridized carbons (Fsp3) is 0.263. The molecule has 2 N–H and O–H groups in total. The van der Waals surface area contributed by atoms with Crippen LogP contribution in [-0.4, -0.2) is 35.0 Å². The Bertz CT molecular complexity index is 964. The Morgan fingerprint density at radius 1 is 1.04 bits per heavy atom. The van der Waals surface area contributed by atoms with Gasteiger partial charge in [0.15, 0.2) is 11.5 Å². The first kappa shape index (κ1) is 17.1. The molecule has 2 aromatic carbocycles. The summed E-state index contributed by atoms with van der Waals surface area (Å²) in [5.41, 5.74) is 5.43. The molecule has 1 aliphatic heterocycles. The van der Waals surface area contributed by atoms with Gasteiger partial charge in [0.1, 0.15) is 6.33 Å². The van der Waals surface area contributed by atoms with E-state index in [0.29, 0.717) is 11.5 Å². The second-order valence-corrected chi connectivity index (χ2v) is 6.88. The number of fused-ring (bicyclic) bond motifs is 2. The molecule has 4 rings (SSSR count). The van der Waals surface area contributed by atoms with E-state index in [9.17, 15) is 0 Å². The zero-order valence-corrected chi connectivity index (χ0v) is 15.5. The van der Waals surface area contributed by atoms with E-state index in [-0.39, 0.29) is 0 Å². The molecule has 134 valence electrons. The zero-order chi connectivity index (χ0) is 18.1. The number of hydrogen-bond acceptors (Lipinski definition) is 7. The fourth-order valence-electron chi connectivity index (χ4n) is 3.38. The Hall–Kier alpha value is -2.35.